The van der Waals surface area contributed by atoms with Crippen molar-refractivity contribution in [1.29, 1.82) is 0 Å². The van der Waals surface area contributed by atoms with E-state index in [-0.39, 0.29) is 22.3 Å². The summed E-state index contributed by atoms with van der Waals surface area (Å²) in [5.74, 6) is -1.30. The van der Waals surface area contributed by atoms with E-state index >= 15 is 0 Å². The van der Waals surface area contributed by atoms with Crippen molar-refractivity contribution in [1.82, 2.24) is 9.97 Å². The number of ether oxygens (including phenoxy) is 1. The van der Waals surface area contributed by atoms with Gasteiger partial charge in [0.1, 0.15) is 5.69 Å². The van der Waals surface area contributed by atoms with E-state index in [1.807, 2.05) is 0 Å². The maximum atomic E-state index is 12.4. The zero-order valence-corrected chi connectivity index (χ0v) is 15.3. The van der Waals surface area contributed by atoms with Crippen LogP contribution in [0.25, 0.3) is 11.3 Å². The van der Waals surface area contributed by atoms with E-state index in [1.165, 1.54) is 36.6 Å². The van der Waals surface area contributed by atoms with E-state index in [0.717, 1.165) is 6.20 Å². The fourth-order valence-corrected chi connectivity index (χ4v) is 2.64. The summed E-state index contributed by atoms with van der Waals surface area (Å²) >= 11 is 12.0. The van der Waals surface area contributed by atoms with E-state index in [9.17, 15) is 18.0 Å². The van der Waals surface area contributed by atoms with Gasteiger partial charge < -0.3 is 14.5 Å². The molecule has 0 fully saturated rings. The zero-order chi connectivity index (χ0) is 20.3. The molecule has 0 bridgehead atoms. The monoisotopic (exact) mass is 431 g/mol. The van der Waals surface area contributed by atoms with Gasteiger partial charge in [-0.3, -0.25) is 4.79 Å². The van der Waals surface area contributed by atoms with Gasteiger partial charge >= 0.3 is 6.18 Å². The van der Waals surface area contributed by atoms with Gasteiger partial charge in [0.15, 0.2) is 18.2 Å². The Hall–Kier alpha value is -2.78. The topological polar surface area (TPSA) is 77.2 Å². The van der Waals surface area contributed by atoms with Crippen molar-refractivity contribution in [2.45, 2.75) is 6.18 Å². The molecule has 0 aliphatic rings. The molecule has 3 rings (SSSR count). The number of carbonyl (C=O) groups excluding carboxylic acids is 1. The lowest BCUT2D eigenvalue weighted by atomic mass is 10.1. The molecular formula is C17H10Cl2F3N3O3. The largest absolute Gasteiger partial charge is 0.467 e. The molecule has 0 saturated heterocycles. The van der Waals surface area contributed by atoms with Crippen LogP contribution in [0.4, 0.5) is 19.0 Å². The van der Waals surface area contributed by atoms with Crippen LogP contribution in [0.1, 0.15) is 10.6 Å². The second kappa shape index (κ2) is 8.07. The van der Waals surface area contributed by atoms with Gasteiger partial charge in [-0.05, 0) is 30.3 Å². The van der Waals surface area contributed by atoms with Gasteiger partial charge in [-0.15, -0.1) is 0 Å². The predicted octanol–water partition coefficient (Wildman–Crippen LogP) is 5.24. The number of hydrogen-bond donors (Lipinski definition) is 1. The molecule has 28 heavy (non-hydrogen) atoms. The number of anilines is 1. The Labute approximate surface area is 166 Å². The van der Waals surface area contributed by atoms with Crippen LogP contribution in [0.2, 0.25) is 10.0 Å². The predicted molar refractivity (Wildman–Crippen MR) is 95.7 cm³/mol. The molecule has 11 heteroatoms. The van der Waals surface area contributed by atoms with E-state index in [1.54, 1.807) is 0 Å². The average Bonchev–Trinajstić information content (AvgIpc) is 3.15. The third-order valence-electron chi connectivity index (χ3n) is 3.30. The van der Waals surface area contributed by atoms with Crippen LogP contribution in [0.15, 0.2) is 47.2 Å². The van der Waals surface area contributed by atoms with Crippen LogP contribution in [0.3, 0.4) is 0 Å². The Morgan fingerprint density at radius 3 is 2.68 bits per heavy atom. The van der Waals surface area contributed by atoms with Gasteiger partial charge in [-0.2, -0.15) is 18.2 Å². The number of aromatic nitrogens is 2. The van der Waals surface area contributed by atoms with Crippen molar-refractivity contribution < 1.29 is 27.1 Å². The molecule has 2 heterocycles. The lowest BCUT2D eigenvalue weighted by Crippen LogP contribution is -2.20. The third kappa shape index (κ3) is 4.93. The number of carbonyl (C=O) groups is 1. The summed E-state index contributed by atoms with van der Waals surface area (Å²) in [6.07, 6.45) is -2.27. The average molecular weight is 432 g/mol. The number of nitrogens with one attached hydrogen (secondary N) is 1. The van der Waals surface area contributed by atoms with Gasteiger partial charge in [0, 0.05) is 10.6 Å². The van der Waals surface area contributed by atoms with Gasteiger partial charge in [0.25, 0.3) is 5.91 Å². The Balaban J connectivity index is 1.98. The van der Waals surface area contributed by atoms with Crippen LogP contribution >= 0.6 is 23.2 Å². The molecule has 0 radical (unpaired) electrons. The Morgan fingerprint density at radius 2 is 2.04 bits per heavy atom. The molecule has 2 aromatic heterocycles. The molecular weight excluding hydrogens is 422 g/mol. The van der Waals surface area contributed by atoms with Crippen LogP contribution in [0, 0.1) is 0 Å². The fraction of sp³-hybridized carbons (Fsp3) is 0.118. The quantitative estimate of drug-likeness (QED) is 0.597. The van der Waals surface area contributed by atoms with Gasteiger partial charge in [0.2, 0.25) is 5.88 Å². The highest BCUT2D eigenvalue weighted by molar-refractivity contribution is 6.36. The molecule has 0 atom stereocenters. The second-order valence-electron chi connectivity index (χ2n) is 5.36. The molecule has 0 aliphatic heterocycles. The first-order valence-corrected chi connectivity index (χ1v) is 8.35. The minimum atomic E-state index is -4.56. The molecule has 1 aromatic carbocycles. The summed E-state index contributed by atoms with van der Waals surface area (Å²) in [6.45, 7) is -1.56. The molecule has 0 aliphatic carbocycles. The fourth-order valence-electron chi connectivity index (χ4n) is 2.14. The minimum Gasteiger partial charge on any atom is -0.467 e. The smallest absolute Gasteiger partial charge is 0.422 e. The molecule has 6 nitrogen and oxygen atoms in total. The van der Waals surface area contributed by atoms with Gasteiger partial charge in [-0.1, -0.05) is 23.2 Å². The second-order valence-corrected chi connectivity index (χ2v) is 6.21. The molecule has 0 spiro atoms. The SMILES string of the molecule is O=C(Nc1nc(OCC(F)(F)F)cnc1-c1ccc(Cl)cc1Cl)c1ccco1. The molecule has 0 unspecified atom stereocenters. The molecule has 1 amide bonds. The summed E-state index contributed by atoms with van der Waals surface area (Å²) in [5, 5.41) is 3.01. The number of furan rings is 1. The number of nitrogens with zero attached hydrogens (tertiary/aromatic N) is 2. The number of hydrogen-bond acceptors (Lipinski definition) is 5. The first-order valence-electron chi connectivity index (χ1n) is 7.60. The minimum absolute atomic E-state index is 0.0310. The van der Waals surface area contributed by atoms with Crippen molar-refractivity contribution in [2.24, 2.45) is 0 Å². The van der Waals surface area contributed by atoms with Crippen molar-refractivity contribution in [2.75, 3.05) is 11.9 Å². The van der Waals surface area contributed by atoms with E-state index in [0.29, 0.717) is 10.6 Å². The molecule has 1 N–H and O–H groups in total. The van der Waals surface area contributed by atoms with Crippen LogP contribution in [-0.4, -0.2) is 28.7 Å². The standard InChI is InChI=1S/C17H10Cl2F3N3O3/c18-9-3-4-10(11(19)6-9)14-15(25-16(26)12-2-1-5-27-12)24-13(7-23-14)28-8-17(20,21)22/h1-7H,8H2,(H,24,25,26). The Kier molecular flexibility index (Phi) is 5.76. The third-order valence-corrected chi connectivity index (χ3v) is 3.85. The summed E-state index contributed by atoms with van der Waals surface area (Å²) in [4.78, 5) is 20.2. The van der Waals surface area contributed by atoms with Crippen LogP contribution in [-0.2, 0) is 0 Å². The maximum Gasteiger partial charge on any atom is 0.422 e. The Morgan fingerprint density at radius 1 is 1.25 bits per heavy atom. The zero-order valence-electron chi connectivity index (χ0n) is 13.8. The summed E-state index contributed by atoms with van der Waals surface area (Å²) in [5.41, 5.74) is 0.469. The van der Waals surface area contributed by atoms with Crippen LogP contribution in [0.5, 0.6) is 5.88 Å². The summed E-state index contributed by atoms with van der Waals surface area (Å²) in [7, 11) is 0. The molecule has 0 saturated carbocycles. The van der Waals surface area contributed by atoms with Crippen molar-refractivity contribution >= 4 is 34.9 Å². The highest BCUT2D eigenvalue weighted by Gasteiger charge is 2.29. The van der Waals surface area contributed by atoms with Crippen molar-refractivity contribution in [3.05, 3.63) is 58.6 Å². The van der Waals surface area contributed by atoms with E-state index < -0.39 is 24.6 Å². The number of halogens is 5. The van der Waals surface area contributed by atoms with Crippen molar-refractivity contribution in [3.8, 4) is 17.1 Å². The molecule has 146 valence electrons. The maximum absolute atomic E-state index is 12.4. The first-order chi connectivity index (χ1) is 13.2. The van der Waals surface area contributed by atoms with E-state index in [2.05, 4.69) is 20.0 Å². The highest BCUT2D eigenvalue weighted by Crippen LogP contribution is 2.34. The molecule has 3 aromatic rings. The van der Waals surface area contributed by atoms with Crippen molar-refractivity contribution in [3.63, 3.8) is 0 Å². The van der Waals surface area contributed by atoms with Crippen LogP contribution < -0.4 is 10.1 Å². The number of benzene rings is 1. The number of amides is 1. The summed E-state index contributed by atoms with van der Waals surface area (Å²) in [6, 6.07) is 7.43. The normalized spacial score (nSPS) is 11.3. The number of rotatable bonds is 5. The van der Waals surface area contributed by atoms with Gasteiger partial charge in [-0.25, -0.2) is 4.98 Å². The van der Waals surface area contributed by atoms with E-state index in [4.69, 9.17) is 27.6 Å². The highest BCUT2D eigenvalue weighted by atomic mass is 35.5. The first kappa shape index (κ1) is 20.0. The Bertz CT molecular complexity index is 995. The van der Waals surface area contributed by atoms with Gasteiger partial charge in [0.05, 0.1) is 17.5 Å². The lowest BCUT2D eigenvalue weighted by molar-refractivity contribution is -0.154. The summed E-state index contributed by atoms with van der Waals surface area (Å²) < 4.78 is 46.7. The lowest BCUT2D eigenvalue weighted by Gasteiger charge is -2.13. The number of alkyl halides is 3.